The molecule has 3 rings (SSSR count). The second-order valence-corrected chi connectivity index (χ2v) is 6.16. The van der Waals surface area contributed by atoms with Gasteiger partial charge in [-0.05, 0) is 38.3 Å². The Labute approximate surface area is 135 Å². The van der Waals surface area contributed by atoms with Gasteiger partial charge in [-0.25, -0.2) is 0 Å². The Bertz CT molecular complexity index is 676. The number of likely N-dealkylation sites (tertiary alicyclic amines) is 1. The molecule has 0 unspecified atom stereocenters. The fraction of sp³-hybridized carbons (Fsp3) is 0.412. The normalized spacial score (nSPS) is 18.0. The average Bonchev–Trinajstić information content (AvgIpc) is 3.08. The van der Waals surface area contributed by atoms with Gasteiger partial charge in [0.15, 0.2) is 0 Å². The predicted molar refractivity (Wildman–Crippen MR) is 84.8 cm³/mol. The van der Waals surface area contributed by atoms with Gasteiger partial charge in [-0.2, -0.15) is 0 Å². The van der Waals surface area contributed by atoms with Crippen molar-refractivity contribution in [3.05, 3.63) is 51.9 Å². The van der Waals surface area contributed by atoms with E-state index in [1.165, 1.54) is 0 Å². The fourth-order valence-corrected chi connectivity index (χ4v) is 3.44. The van der Waals surface area contributed by atoms with Crippen molar-refractivity contribution in [2.45, 2.75) is 39.2 Å². The first-order valence-corrected chi connectivity index (χ1v) is 7.91. The number of hydrogen-bond donors (Lipinski definition) is 0. The van der Waals surface area contributed by atoms with Crippen LogP contribution >= 0.6 is 11.6 Å². The number of aromatic nitrogens is 1. The van der Waals surface area contributed by atoms with E-state index in [1.807, 2.05) is 43.0 Å². The quantitative estimate of drug-likeness (QED) is 0.863. The first kappa shape index (κ1) is 15.1. The molecule has 0 N–H and O–H groups in total. The van der Waals surface area contributed by atoms with E-state index in [1.54, 1.807) is 0 Å². The van der Waals surface area contributed by atoms with E-state index in [4.69, 9.17) is 16.1 Å². The lowest BCUT2D eigenvalue weighted by Crippen LogP contribution is -2.32. The van der Waals surface area contributed by atoms with Gasteiger partial charge in [0.2, 0.25) is 5.91 Å². The Hall–Kier alpha value is -1.81. The zero-order chi connectivity index (χ0) is 15.7. The molecule has 1 amide bonds. The summed E-state index contributed by atoms with van der Waals surface area (Å²) < 4.78 is 5.26. The number of hydrogen-bond acceptors (Lipinski definition) is 3. The highest BCUT2D eigenvalue weighted by Gasteiger charge is 2.33. The molecule has 22 heavy (non-hydrogen) atoms. The topological polar surface area (TPSA) is 46.3 Å². The average molecular weight is 319 g/mol. The third-order valence-electron chi connectivity index (χ3n) is 4.29. The molecule has 5 heteroatoms. The van der Waals surface area contributed by atoms with Gasteiger partial charge in [-0.1, -0.05) is 35.0 Å². The Morgan fingerprint density at radius 1 is 1.41 bits per heavy atom. The van der Waals surface area contributed by atoms with E-state index in [-0.39, 0.29) is 11.9 Å². The molecular formula is C17H19ClN2O2. The van der Waals surface area contributed by atoms with Gasteiger partial charge >= 0.3 is 0 Å². The van der Waals surface area contributed by atoms with Crippen LogP contribution in [0.25, 0.3) is 0 Å². The van der Waals surface area contributed by atoms with Crippen LogP contribution in [-0.2, 0) is 11.2 Å². The highest BCUT2D eigenvalue weighted by Crippen LogP contribution is 2.36. The summed E-state index contributed by atoms with van der Waals surface area (Å²) in [6.07, 6.45) is 2.29. The summed E-state index contributed by atoms with van der Waals surface area (Å²) in [6, 6.07) is 7.57. The molecule has 1 atom stereocenters. The summed E-state index contributed by atoms with van der Waals surface area (Å²) >= 11 is 6.17. The van der Waals surface area contributed by atoms with Gasteiger partial charge in [-0.15, -0.1) is 0 Å². The smallest absolute Gasteiger partial charge is 0.227 e. The fourth-order valence-electron chi connectivity index (χ4n) is 3.24. The lowest BCUT2D eigenvalue weighted by Gasteiger charge is -2.25. The number of carbonyl (C=O) groups is 1. The number of rotatable bonds is 3. The minimum absolute atomic E-state index is 0.0706. The van der Waals surface area contributed by atoms with Crippen LogP contribution in [0.2, 0.25) is 5.02 Å². The molecule has 1 aromatic heterocycles. The zero-order valence-corrected chi connectivity index (χ0v) is 13.6. The number of benzene rings is 1. The van der Waals surface area contributed by atoms with Crippen LogP contribution in [-0.4, -0.2) is 22.5 Å². The van der Waals surface area contributed by atoms with Gasteiger partial charge in [0.05, 0.1) is 18.2 Å². The van der Waals surface area contributed by atoms with Crippen LogP contribution in [0.3, 0.4) is 0 Å². The molecule has 0 spiro atoms. The summed E-state index contributed by atoms with van der Waals surface area (Å²) in [5, 5.41) is 4.66. The first-order valence-electron chi connectivity index (χ1n) is 7.53. The van der Waals surface area contributed by atoms with Crippen LogP contribution in [0.1, 0.15) is 41.5 Å². The van der Waals surface area contributed by atoms with Crippen molar-refractivity contribution >= 4 is 17.5 Å². The summed E-state index contributed by atoms with van der Waals surface area (Å²) in [6.45, 7) is 4.61. The maximum Gasteiger partial charge on any atom is 0.227 e. The number of carbonyl (C=O) groups excluding carboxylic acids is 1. The van der Waals surface area contributed by atoms with E-state index in [2.05, 4.69) is 5.16 Å². The van der Waals surface area contributed by atoms with E-state index < -0.39 is 0 Å². The summed E-state index contributed by atoms with van der Waals surface area (Å²) in [7, 11) is 0. The number of halogens is 1. The lowest BCUT2D eigenvalue weighted by molar-refractivity contribution is -0.131. The summed E-state index contributed by atoms with van der Waals surface area (Å²) in [4.78, 5) is 14.7. The molecule has 116 valence electrons. The van der Waals surface area contributed by atoms with Gasteiger partial charge in [0, 0.05) is 17.1 Å². The molecule has 0 saturated carbocycles. The van der Waals surface area contributed by atoms with Crippen molar-refractivity contribution in [1.82, 2.24) is 10.1 Å². The Morgan fingerprint density at radius 2 is 2.18 bits per heavy atom. The number of nitrogens with zero attached hydrogens (tertiary/aromatic N) is 2. The third-order valence-corrected chi connectivity index (χ3v) is 4.66. The van der Waals surface area contributed by atoms with E-state index in [0.29, 0.717) is 11.4 Å². The van der Waals surface area contributed by atoms with Gasteiger partial charge in [0.1, 0.15) is 5.76 Å². The highest BCUT2D eigenvalue weighted by atomic mass is 35.5. The van der Waals surface area contributed by atoms with Crippen molar-refractivity contribution < 1.29 is 9.32 Å². The largest absolute Gasteiger partial charge is 0.361 e. The standard InChI is InChI=1S/C17H19ClN2O2/c1-11-17(12(2)22-19-11)15-8-5-9-20(15)16(21)10-13-6-3-4-7-14(13)18/h3-4,6-7,15H,5,8-10H2,1-2H3/t15-/m0/s1. The second kappa shape index (κ2) is 6.13. The maximum atomic E-state index is 12.7. The van der Waals surface area contributed by atoms with Gasteiger partial charge in [-0.3, -0.25) is 4.79 Å². The molecule has 4 nitrogen and oxygen atoms in total. The van der Waals surface area contributed by atoms with Crippen LogP contribution in [0.4, 0.5) is 0 Å². The molecule has 0 aliphatic carbocycles. The molecule has 1 saturated heterocycles. The molecule has 1 aromatic carbocycles. The van der Waals surface area contributed by atoms with Crippen molar-refractivity contribution in [1.29, 1.82) is 0 Å². The molecule has 1 fully saturated rings. The maximum absolute atomic E-state index is 12.7. The predicted octanol–water partition coefficient (Wildman–Crippen LogP) is 3.85. The molecular weight excluding hydrogens is 300 g/mol. The SMILES string of the molecule is Cc1noc(C)c1[C@@H]1CCCN1C(=O)Cc1ccccc1Cl. The van der Waals surface area contributed by atoms with E-state index in [9.17, 15) is 4.79 Å². The van der Waals surface area contributed by atoms with Gasteiger partial charge < -0.3 is 9.42 Å². The number of aryl methyl sites for hydroxylation is 2. The lowest BCUT2D eigenvalue weighted by atomic mass is 10.0. The zero-order valence-electron chi connectivity index (χ0n) is 12.8. The molecule has 2 heterocycles. The molecule has 0 radical (unpaired) electrons. The van der Waals surface area contributed by atoms with Crippen LogP contribution in [0.15, 0.2) is 28.8 Å². The molecule has 0 bridgehead atoms. The van der Waals surface area contributed by atoms with Crippen LogP contribution in [0.5, 0.6) is 0 Å². The monoisotopic (exact) mass is 318 g/mol. The third kappa shape index (κ3) is 2.75. The number of amides is 1. The van der Waals surface area contributed by atoms with Gasteiger partial charge in [0.25, 0.3) is 0 Å². The van der Waals surface area contributed by atoms with Crippen molar-refractivity contribution in [3.8, 4) is 0 Å². The summed E-state index contributed by atoms with van der Waals surface area (Å²) in [5.74, 6) is 0.913. The Balaban J connectivity index is 1.81. The van der Waals surface area contributed by atoms with E-state index >= 15 is 0 Å². The molecule has 1 aliphatic rings. The van der Waals surface area contributed by atoms with Crippen molar-refractivity contribution in [2.24, 2.45) is 0 Å². The Morgan fingerprint density at radius 3 is 2.86 bits per heavy atom. The second-order valence-electron chi connectivity index (χ2n) is 5.75. The molecule has 2 aromatic rings. The first-order chi connectivity index (χ1) is 10.6. The van der Waals surface area contributed by atoms with Crippen LogP contribution in [0, 0.1) is 13.8 Å². The minimum atomic E-state index is 0.0706. The Kier molecular flexibility index (Phi) is 4.21. The summed E-state index contributed by atoms with van der Waals surface area (Å²) in [5.41, 5.74) is 2.81. The van der Waals surface area contributed by atoms with E-state index in [0.717, 1.165) is 42.0 Å². The van der Waals surface area contributed by atoms with Crippen molar-refractivity contribution in [2.75, 3.05) is 6.54 Å². The minimum Gasteiger partial charge on any atom is -0.361 e. The van der Waals surface area contributed by atoms with Crippen molar-refractivity contribution in [3.63, 3.8) is 0 Å². The molecule has 1 aliphatic heterocycles. The van der Waals surface area contributed by atoms with Crippen LogP contribution < -0.4 is 0 Å². The highest BCUT2D eigenvalue weighted by molar-refractivity contribution is 6.31.